The number of hydrogen-bond acceptors (Lipinski definition) is 3. The first-order valence-electron chi connectivity index (χ1n) is 11.0. The van der Waals surface area contributed by atoms with E-state index in [4.69, 9.17) is 0 Å². The van der Waals surface area contributed by atoms with Crippen LogP contribution in [-0.4, -0.2) is 27.6 Å². The molecule has 3 aromatic carbocycles. The second kappa shape index (κ2) is 8.59. The average Bonchev–Trinajstić information content (AvgIpc) is 3.15. The third-order valence-corrected chi connectivity index (χ3v) is 6.05. The van der Waals surface area contributed by atoms with Crippen LogP contribution in [0.15, 0.2) is 78.9 Å². The van der Waals surface area contributed by atoms with Gasteiger partial charge in [-0.1, -0.05) is 48.0 Å². The van der Waals surface area contributed by atoms with E-state index in [1.807, 2.05) is 50.2 Å². The number of hydrogen-bond donors (Lipinski definition) is 2. The Hall–Kier alpha value is -4.26. The Morgan fingerprint density at radius 3 is 2.50 bits per heavy atom. The molecule has 5 rings (SSSR count). The molecule has 170 valence electrons. The van der Waals surface area contributed by atoms with Crippen LogP contribution in [0.2, 0.25) is 0 Å². The minimum Gasteiger partial charge on any atom is -0.339 e. The van der Waals surface area contributed by atoms with Crippen LogP contribution in [-0.2, 0) is 4.79 Å². The number of aromatic nitrogens is 2. The van der Waals surface area contributed by atoms with Crippen molar-refractivity contribution >= 4 is 17.6 Å². The smallest absolute Gasteiger partial charge is 0.251 e. The number of benzene rings is 3. The van der Waals surface area contributed by atoms with Crippen molar-refractivity contribution in [2.45, 2.75) is 25.8 Å². The second-order valence-electron chi connectivity index (χ2n) is 8.44. The Morgan fingerprint density at radius 1 is 1.00 bits per heavy atom. The standard InChI is InChI=1S/C27H23FN4O2/c1-16-8-6-10-19(14-16)26(33)29-24-23(18-9-7-11-20(28)15-18)22-17(2)31-32(25(22)30-27(24)34)21-12-4-3-5-13-21/h3-15,23-24H,1-2H3,(H,29,33)(H,30,34)/t23-,24+/m0/s1. The highest BCUT2D eigenvalue weighted by molar-refractivity contribution is 6.04. The van der Waals surface area contributed by atoms with E-state index >= 15 is 0 Å². The van der Waals surface area contributed by atoms with Gasteiger partial charge < -0.3 is 10.6 Å². The first kappa shape index (κ1) is 21.6. The molecule has 0 aliphatic carbocycles. The first-order chi connectivity index (χ1) is 16.4. The molecule has 34 heavy (non-hydrogen) atoms. The summed E-state index contributed by atoms with van der Waals surface area (Å²) < 4.78 is 15.9. The summed E-state index contributed by atoms with van der Waals surface area (Å²) >= 11 is 0. The Balaban J connectivity index is 1.63. The second-order valence-corrected chi connectivity index (χ2v) is 8.44. The van der Waals surface area contributed by atoms with Crippen LogP contribution in [0.25, 0.3) is 5.69 Å². The SMILES string of the molecule is Cc1cccc(C(=O)N[C@H]2C(=O)Nc3c(c(C)nn3-c3ccccc3)[C@@H]2c2cccc(F)c2)c1. The van der Waals surface area contributed by atoms with Gasteiger partial charge in [0.2, 0.25) is 5.91 Å². The maximum absolute atomic E-state index is 14.3. The molecule has 0 saturated carbocycles. The summed E-state index contributed by atoms with van der Waals surface area (Å²) in [4.78, 5) is 26.5. The highest BCUT2D eigenvalue weighted by atomic mass is 19.1. The molecule has 2 heterocycles. The van der Waals surface area contributed by atoms with Crippen LogP contribution in [0.5, 0.6) is 0 Å². The molecule has 0 radical (unpaired) electrons. The number of carbonyl (C=O) groups excluding carboxylic acids is 2. The quantitative estimate of drug-likeness (QED) is 0.476. The average molecular weight is 455 g/mol. The molecule has 2 amide bonds. The molecule has 0 spiro atoms. The number of aryl methyl sites for hydroxylation is 2. The zero-order valence-corrected chi connectivity index (χ0v) is 18.7. The largest absolute Gasteiger partial charge is 0.339 e. The molecule has 1 aromatic heterocycles. The summed E-state index contributed by atoms with van der Waals surface area (Å²) in [5, 5.41) is 10.5. The molecular formula is C27H23FN4O2. The van der Waals surface area contributed by atoms with E-state index < -0.39 is 17.8 Å². The van der Waals surface area contributed by atoms with Gasteiger partial charge >= 0.3 is 0 Å². The van der Waals surface area contributed by atoms with Crippen LogP contribution in [0.4, 0.5) is 10.2 Å². The van der Waals surface area contributed by atoms with Crippen molar-refractivity contribution in [3.63, 3.8) is 0 Å². The monoisotopic (exact) mass is 454 g/mol. The highest BCUT2D eigenvalue weighted by Crippen LogP contribution is 2.40. The van der Waals surface area contributed by atoms with Crippen molar-refractivity contribution in [3.8, 4) is 5.69 Å². The molecule has 0 fully saturated rings. The number of rotatable bonds is 4. The van der Waals surface area contributed by atoms with E-state index in [-0.39, 0.29) is 11.8 Å². The zero-order chi connectivity index (χ0) is 23.8. The van der Waals surface area contributed by atoms with Crippen LogP contribution in [0.3, 0.4) is 0 Å². The van der Waals surface area contributed by atoms with Crippen LogP contribution < -0.4 is 10.6 Å². The summed E-state index contributed by atoms with van der Waals surface area (Å²) in [6, 6.07) is 21.8. The Labute approximate surface area is 196 Å². The lowest BCUT2D eigenvalue weighted by Crippen LogP contribution is -2.50. The van der Waals surface area contributed by atoms with E-state index in [0.29, 0.717) is 22.6 Å². The van der Waals surface area contributed by atoms with Gasteiger partial charge in [-0.3, -0.25) is 9.59 Å². The lowest BCUT2D eigenvalue weighted by atomic mass is 9.81. The normalized spacial score (nSPS) is 17.1. The number of para-hydroxylation sites is 1. The number of fused-ring (bicyclic) bond motifs is 1. The molecule has 0 saturated heterocycles. The van der Waals surface area contributed by atoms with E-state index in [9.17, 15) is 14.0 Å². The molecule has 2 atom stereocenters. The number of nitrogens with zero attached hydrogens (tertiary/aromatic N) is 2. The Bertz CT molecular complexity index is 1400. The van der Waals surface area contributed by atoms with Crippen molar-refractivity contribution in [2.75, 3.05) is 5.32 Å². The maximum atomic E-state index is 14.3. The van der Waals surface area contributed by atoms with Gasteiger partial charge in [-0.2, -0.15) is 5.10 Å². The van der Waals surface area contributed by atoms with Crippen LogP contribution in [0, 0.1) is 19.7 Å². The molecule has 1 aliphatic heterocycles. The fourth-order valence-electron chi connectivity index (χ4n) is 4.52. The minimum absolute atomic E-state index is 0.373. The summed E-state index contributed by atoms with van der Waals surface area (Å²) in [7, 11) is 0. The number of amides is 2. The third-order valence-electron chi connectivity index (χ3n) is 6.05. The Morgan fingerprint density at radius 2 is 1.76 bits per heavy atom. The maximum Gasteiger partial charge on any atom is 0.251 e. The van der Waals surface area contributed by atoms with Crippen molar-refractivity contribution < 1.29 is 14.0 Å². The summed E-state index contributed by atoms with van der Waals surface area (Å²) in [6.45, 7) is 3.74. The van der Waals surface area contributed by atoms with E-state index in [1.165, 1.54) is 12.1 Å². The van der Waals surface area contributed by atoms with Gasteiger partial charge in [-0.05, 0) is 55.8 Å². The zero-order valence-electron chi connectivity index (χ0n) is 18.7. The van der Waals surface area contributed by atoms with Crippen molar-refractivity contribution in [1.29, 1.82) is 0 Å². The number of carbonyl (C=O) groups is 2. The topological polar surface area (TPSA) is 76.0 Å². The predicted molar refractivity (Wildman–Crippen MR) is 128 cm³/mol. The lowest BCUT2D eigenvalue weighted by Gasteiger charge is -2.33. The minimum atomic E-state index is -0.950. The van der Waals surface area contributed by atoms with Gasteiger partial charge in [-0.25, -0.2) is 9.07 Å². The van der Waals surface area contributed by atoms with Crippen molar-refractivity contribution in [1.82, 2.24) is 15.1 Å². The van der Waals surface area contributed by atoms with Gasteiger partial charge in [0, 0.05) is 17.0 Å². The number of nitrogens with one attached hydrogen (secondary N) is 2. The van der Waals surface area contributed by atoms with Crippen LogP contribution >= 0.6 is 0 Å². The lowest BCUT2D eigenvalue weighted by molar-refractivity contribution is -0.118. The van der Waals surface area contributed by atoms with Gasteiger partial charge in [0.1, 0.15) is 17.7 Å². The van der Waals surface area contributed by atoms with Crippen molar-refractivity contribution in [3.05, 3.63) is 113 Å². The van der Waals surface area contributed by atoms with E-state index in [0.717, 1.165) is 16.8 Å². The fraction of sp³-hybridized carbons (Fsp3) is 0.148. The number of halogens is 1. The molecule has 0 unspecified atom stereocenters. The predicted octanol–water partition coefficient (Wildman–Crippen LogP) is 4.51. The Kier molecular flexibility index (Phi) is 5.45. The van der Waals surface area contributed by atoms with Crippen molar-refractivity contribution in [2.24, 2.45) is 0 Å². The van der Waals surface area contributed by atoms with Gasteiger partial charge in [-0.15, -0.1) is 0 Å². The van der Waals surface area contributed by atoms with E-state index in [2.05, 4.69) is 15.7 Å². The fourth-order valence-corrected chi connectivity index (χ4v) is 4.52. The van der Waals surface area contributed by atoms with Gasteiger partial charge in [0.15, 0.2) is 0 Å². The molecular weight excluding hydrogens is 431 g/mol. The first-order valence-corrected chi connectivity index (χ1v) is 11.0. The molecule has 7 heteroatoms. The highest BCUT2D eigenvalue weighted by Gasteiger charge is 2.42. The molecule has 0 bridgehead atoms. The van der Waals surface area contributed by atoms with E-state index in [1.54, 1.807) is 35.0 Å². The summed E-state index contributed by atoms with van der Waals surface area (Å²) in [5.74, 6) is -1.28. The third kappa shape index (κ3) is 3.85. The molecule has 1 aliphatic rings. The summed E-state index contributed by atoms with van der Waals surface area (Å²) in [5.41, 5.74) is 4.18. The number of anilines is 1. The van der Waals surface area contributed by atoms with Gasteiger partial charge in [0.25, 0.3) is 5.91 Å². The van der Waals surface area contributed by atoms with Gasteiger partial charge in [0.05, 0.1) is 11.4 Å². The molecule has 6 nitrogen and oxygen atoms in total. The molecule has 2 N–H and O–H groups in total. The molecule has 4 aromatic rings. The van der Waals surface area contributed by atoms with Crippen LogP contribution in [0.1, 0.15) is 38.7 Å². The summed E-state index contributed by atoms with van der Waals surface area (Å²) in [6.07, 6.45) is 0.